The second-order valence-corrected chi connectivity index (χ2v) is 12.3. The smallest absolute Gasteiger partial charge is 0.306 e. The van der Waals surface area contributed by atoms with Gasteiger partial charge in [0.2, 0.25) is 0 Å². The summed E-state index contributed by atoms with van der Waals surface area (Å²) in [5.74, 6) is -0.641. The summed E-state index contributed by atoms with van der Waals surface area (Å²) in [5.41, 5.74) is 0. The van der Waals surface area contributed by atoms with Crippen LogP contribution in [0, 0.1) is 0 Å². The zero-order valence-electron chi connectivity index (χ0n) is 30.7. The van der Waals surface area contributed by atoms with Crippen molar-refractivity contribution in [3.05, 3.63) is 85.1 Å². The average molecular weight is 667 g/mol. The van der Waals surface area contributed by atoms with Crippen LogP contribution in [0.2, 0.25) is 0 Å². The predicted octanol–water partition coefficient (Wildman–Crippen LogP) is 11.9. The Kier molecular flexibility index (Phi) is 36.2. The number of aliphatic hydroxyl groups is 1. The maximum atomic E-state index is 12.2. The normalized spacial score (nSPS) is 13.1. The van der Waals surface area contributed by atoms with E-state index in [4.69, 9.17) is 9.47 Å². The Labute approximate surface area is 295 Å². The molecule has 0 fully saturated rings. The largest absolute Gasteiger partial charge is 0.462 e. The molecule has 0 heterocycles. The van der Waals surface area contributed by atoms with Gasteiger partial charge in [0.1, 0.15) is 6.61 Å². The van der Waals surface area contributed by atoms with Gasteiger partial charge in [0.05, 0.1) is 6.61 Å². The number of rotatable bonds is 33. The monoisotopic (exact) mass is 667 g/mol. The quantitative estimate of drug-likeness (QED) is 0.0429. The Morgan fingerprint density at radius 1 is 0.500 bits per heavy atom. The van der Waals surface area contributed by atoms with E-state index < -0.39 is 6.10 Å². The van der Waals surface area contributed by atoms with Crippen molar-refractivity contribution in [1.29, 1.82) is 0 Å². The Morgan fingerprint density at radius 2 is 0.896 bits per heavy atom. The first-order valence-electron chi connectivity index (χ1n) is 19.1. The van der Waals surface area contributed by atoms with Crippen molar-refractivity contribution in [3.63, 3.8) is 0 Å². The standard InChI is InChI=1S/C43H70O5/c1-3-5-7-9-11-13-15-16-17-18-19-20-21-22-23-24-25-26-28-30-32-34-36-38-43(46)48-41(39-44)40-47-42(45)37-35-33-31-29-27-14-12-10-8-6-4-2/h5,7,10-13,16-17,19-20,22-23,25-26,41,44H,3-4,6,8-9,14-15,18,21,24,27-40H2,1-2H3/b7-5-,12-10-,13-11-,17-16-,20-19-,23-22-,26-25-. The third-order valence-corrected chi connectivity index (χ3v) is 7.67. The van der Waals surface area contributed by atoms with E-state index in [0.717, 1.165) is 96.3 Å². The molecule has 0 aromatic rings. The van der Waals surface area contributed by atoms with E-state index in [1.807, 2.05) is 0 Å². The SMILES string of the molecule is CC/C=C\C/C=C\C/C=C\C/C=C\C/C=C\C/C=C\CCCCCCC(=O)OC(CO)COC(=O)CCCCCCC/C=C\CCCC. The molecule has 272 valence electrons. The van der Waals surface area contributed by atoms with Crippen LogP contribution in [0.1, 0.15) is 155 Å². The summed E-state index contributed by atoms with van der Waals surface area (Å²) in [6.45, 7) is 3.93. The third kappa shape index (κ3) is 35.9. The van der Waals surface area contributed by atoms with Gasteiger partial charge < -0.3 is 14.6 Å². The van der Waals surface area contributed by atoms with Crippen LogP contribution >= 0.6 is 0 Å². The summed E-state index contributed by atoms with van der Waals surface area (Å²) in [7, 11) is 0. The van der Waals surface area contributed by atoms with Crippen molar-refractivity contribution in [2.45, 2.75) is 161 Å². The summed E-state index contributed by atoms with van der Waals surface area (Å²) in [5, 5.41) is 9.53. The van der Waals surface area contributed by atoms with Crippen molar-refractivity contribution in [2.75, 3.05) is 13.2 Å². The molecule has 1 atom stereocenters. The maximum absolute atomic E-state index is 12.2. The van der Waals surface area contributed by atoms with Gasteiger partial charge in [0.15, 0.2) is 6.10 Å². The minimum atomic E-state index is -0.792. The minimum Gasteiger partial charge on any atom is -0.462 e. The van der Waals surface area contributed by atoms with Crippen molar-refractivity contribution < 1.29 is 24.2 Å². The average Bonchev–Trinajstić information content (AvgIpc) is 3.09. The van der Waals surface area contributed by atoms with E-state index in [1.165, 1.54) is 32.1 Å². The topological polar surface area (TPSA) is 72.8 Å². The van der Waals surface area contributed by atoms with Gasteiger partial charge in [0, 0.05) is 12.8 Å². The lowest BCUT2D eigenvalue weighted by Crippen LogP contribution is -2.28. The number of ether oxygens (including phenoxy) is 2. The van der Waals surface area contributed by atoms with E-state index in [1.54, 1.807) is 0 Å². The molecule has 0 rings (SSSR count). The highest BCUT2D eigenvalue weighted by Crippen LogP contribution is 2.11. The minimum absolute atomic E-state index is 0.0859. The highest BCUT2D eigenvalue weighted by Gasteiger charge is 2.16. The zero-order chi connectivity index (χ0) is 35.0. The molecule has 48 heavy (non-hydrogen) atoms. The summed E-state index contributed by atoms with van der Waals surface area (Å²) in [6.07, 6.45) is 52.1. The lowest BCUT2D eigenvalue weighted by Gasteiger charge is -2.15. The number of aliphatic hydroxyl groups excluding tert-OH is 1. The van der Waals surface area contributed by atoms with Crippen LogP contribution < -0.4 is 0 Å². The van der Waals surface area contributed by atoms with Gasteiger partial charge in [-0.2, -0.15) is 0 Å². The Bertz CT molecular complexity index is 937. The fraction of sp³-hybridized carbons (Fsp3) is 0.628. The summed E-state index contributed by atoms with van der Waals surface area (Å²) >= 11 is 0. The molecule has 0 saturated carbocycles. The van der Waals surface area contributed by atoms with Crippen LogP contribution in [0.4, 0.5) is 0 Å². The Hall–Kier alpha value is -2.92. The number of hydrogen-bond acceptors (Lipinski definition) is 5. The van der Waals surface area contributed by atoms with Crippen molar-refractivity contribution in [2.24, 2.45) is 0 Å². The first-order chi connectivity index (χ1) is 23.6. The van der Waals surface area contributed by atoms with Gasteiger partial charge in [-0.25, -0.2) is 0 Å². The Balaban J connectivity index is 3.68. The second-order valence-electron chi connectivity index (χ2n) is 12.3. The summed E-state index contributed by atoms with van der Waals surface area (Å²) in [6, 6.07) is 0. The summed E-state index contributed by atoms with van der Waals surface area (Å²) < 4.78 is 10.5. The molecule has 0 aromatic heterocycles. The van der Waals surface area contributed by atoms with Crippen LogP contribution in [-0.4, -0.2) is 36.4 Å². The molecule has 5 nitrogen and oxygen atoms in total. The van der Waals surface area contributed by atoms with Crippen molar-refractivity contribution in [1.82, 2.24) is 0 Å². The number of carbonyl (C=O) groups is 2. The molecule has 1 N–H and O–H groups in total. The van der Waals surface area contributed by atoms with E-state index in [-0.39, 0.29) is 25.2 Å². The first kappa shape index (κ1) is 45.1. The molecular weight excluding hydrogens is 596 g/mol. The van der Waals surface area contributed by atoms with Crippen LogP contribution in [-0.2, 0) is 19.1 Å². The van der Waals surface area contributed by atoms with Gasteiger partial charge in [-0.05, 0) is 83.5 Å². The van der Waals surface area contributed by atoms with Crippen molar-refractivity contribution in [3.8, 4) is 0 Å². The maximum Gasteiger partial charge on any atom is 0.306 e. The number of allylic oxidation sites excluding steroid dienone is 14. The van der Waals surface area contributed by atoms with Crippen LogP contribution in [0.5, 0.6) is 0 Å². The predicted molar refractivity (Wildman–Crippen MR) is 205 cm³/mol. The molecule has 0 aliphatic carbocycles. The summed E-state index contributed by atoms with van der Waals surface area (Å²) in [4.78, 5) is 24.2. The number of esters is 2. The lowest BCUT2D eigenvalue weighted by atomic mass is 10.1. The van der Waals surface area contributed by atoms with E-state index in [9.17, 15) is 14.7 Å². The molecule has 0 bridgehead atoms. The van der Waals surface area contributed by atoms with Crippen LogP contribution in [0.25, 0.3) is 0 Å². The molecule has 0 aromatic carbocycles. The van der Waals surface area contributed by atoms with Gasteiger partial charge in [-0.15, -0.1) is 0 Å². The number of unbranched alkanes of at least 4 members (excludes halogenated alkanes) is 11. The van der Waals surface area contributed by atoms with E-state index in [0.29, 0.717) is 12.8 Å². The Morgan fingerprint density at radius 3 is 1.38 bits per heavy atom. The fourth-order valence-corrected chi connectivity index (χ4v) is 4.77. The van der Waals surface area contributed by atoms with Crippen molar-refractivity contribution >= 4 is 11.9 Å². The molecule has 1 unspecified atom stereocenters. The van der Waals surface area contributed by atoms with E-state index in [2.05, 4.69) is 98.9 Å². The first-order valence-corrected chi connectivity index (χ1v) is 19.1. The molecule has 0 spiro atoms. The molecular formula is C43H70O5. The lowest BCUT2D eigenvalue weighted by molar-refractivity contribution is -0.161. The zero-order valence-corrected chi connectivity index (χ0v) is 30.7. The second kappa shape index (κ2) is 38.5. The molecule has 0 amide bonds. The molecule has 0 aliphatic rings. The third-order valence-electron chi connectivity index (χ3n) is 7.67. The molecule has 5 heteroatoms. The number of carbonyl (C=O) groups excluding carboxylic acids is 2. The van der Waals surface area contributed by atoms with E-state index >= 15 is 0 Å². The highest BCUT2D eigenvalue weighted by molar-refractivity contribution is 5.70. The van der Waals surface area contributed by atoms with Crippen LogP contribution in [0.15, 0.2) is 85.1 Å². The molecule has 0 radical (unpaired) electrons. The highest BCUT2D eigenvalue weighted by atomic mass is 16.6. The van der Waals surface area contributed by atoms with Gasteiger partial charge in [-0.3, -0.25) is 9.59 Å². The fourth-order valence-electron chi connectivity index (χ4n) is 4.77. The van der Waals surface area contributed by atoms with Gasteiger partial charge in [-0.1, -0.05) is 144 Å². The number of hydrogen-bond donors (Lipinski definition) is 1. The molecule has 0 saturated heterocycles. The molecule has 0 aliphatic heterocycles. The van der Waals surface area contributed by atoms with Gasteiger partial charge in [0.25, 0.3) is 0 Å². The van der Waals surface area contributed by atoms with Crippen LogP contribution in [0.3, 0.4) is 0 Å². The van der Waals surface area contributed by atoms with Gasteiger partial charge >= 0.3 is 11.9 Å².